The highest BCUT2D eigenvalue weighted by molar-refractivity contribution is 7.12. The number of ether oxygens (including phenoxy) is 1. The fraction of sp³-hybridized carbons (Fsp3) is 0.143. The number of methoxy groups -OCH3 is 1. The van der Waals surface area contributed by atoms with E-state index in [0.29, 0.717) is 11.4 Å². The largest absolute Gasteiger partial charge is 0.497 e. The summed E-state index contributed by atoms with van der Waals surface area (Å²) in [4.78, 5) is 17.4. The highest BCUT2D eigenvalue weighted by Gasteiger charge is 2.05. The lowest BCUT2D eigenvalue weighted by Crippen LogP contribution is -2.19. The molecule has 2 rings (SSSR count). The molecule has 21 heavy (non-hydrogen) atoms. The van der Waals surface area contributed by atoms with Gasteiger partial charge in [0.15, 0.2) is 12.4 Å². The van der Waals surface area contributed by atoms with Crippen molar-refractivity contribution in [2.75, 3.05) is 19.0 Å². The molecule has 0 aliphatic heterocycles. The summed E-state index contributed by atoms with van der Waals surface area (Å²) < 4.78 is 5.07. The summed E-state index contributed by atoms with van der Waals surface area (Å²) in [7, 11) is 1.56. The van der Waals surface area contributed by atoms with E-state index in [2.05, 4.69) is 10.5 Å². The van der Waals surface area contributed by atoms with Crippen LogP contribution in [0.2, 0.25) is 0 Å². The standard InChI is InChI=1S/C14H15N3O3S/c1-19-11-5-2-4-10(8-11)16-13(18)9-20-17-14(15)12-6-3-7-21-12/h2-8H,9H2,1H3,(H2,15,17)(H,16,18). The Morgan fingerprint density at radius 3 is 2.95 bits per heavy atom. The van der Waals surface area contributed by atoms with E-state index in [4.69, 9.17) is 15.3 Å². The van der Waals surface area contributed by atoms with E-state index < -0.39 is 0 Å². The Labute approximate surface area is 126 Å². The maximum Gasteiger partial charge on any atom is 0.265 e. The molecule has 0 bridgehead atoms. The molecule has 110 valence electrons. The highest BCUT2D eigenvalue weighted by Crippen LogP contribution is 2.16. The number of benzene rings is 1. The van der Waals surface area contributed by atoms with Crippen LogP contribution in [0.4, 0.5) is 5.69 Å². The summed E-state index contributed by atoms with van der Waals surface area (Å²) >= 11 is 1.45. The van der Waals surface area contributed by atoms with Crippen molar-refractivity contribution in [3.63, 3.8) is 0 Å². The molecule has 6 nitrogen and oxygen atoms in total. The van der Waals surface area contributed by atoms with Gasteiger partial charge in [-0.05, 0) is 23.6 Å². The first-order valence-corrected chi connectivity index (χ1v) is 7.00. The van der Waals surface area contributed by atoms with Crippen LogP contribution in [-0.2, 0) is 9.63 Å². The van der Waals surface area contributed by atoms with E-state index in [9.17, 15) is 4.79 Å². The molecule has 7 heteroatoms. The van der Waals surface area contributed by atoms with Crippen LogP contribution in [0.5, 0.6) is 5.75 Å². The smallest absolute Gasteiger partial charge is 0.265 e. The zero-order valence-electron chi connectivity index (χ0n) is 11.4. The van der Waals surface area contributed by atoms with E-state index in [1.54, 1.807) is 31.4 Å². The number of rotatable bonds is 6. The van der Waals surface area contributed by atoms with E-state index in [1.807, 2.05) is 17.5 Å². The molecule has 0 atom stereocenters. The fourth-order valence-corrected chi connectivity index (χ4v) is 2.15. The average Bonchev–Trinajstić information content (AvgIpc) is 3.01. The Kier molecular flexibility index (Phi) is 5.16. The van der Waals surface area contributed by atoms with Crippen molar-refractivity contribution in [3.05, 3.63) is 46.7 Å². The predicted molar refractivity (Wildman–Crippen MR) is 82.6 cm³/mol. The summed E-state index contributed by atoms with van der Waals surface area (Å²) in [5.41, 5.74) is 6.33. The molecule has 0 aliphatic carbocycles. The van der Waals surface area contributed by atoms with Gasteiger partial charge >= 0.3 is 0 Å². The minimum atomic E-state index is -0.328. The fourth-order valence-electron chi connectivity index (χ4n) is 1.53. The van der Waals surface area contributed by atoms with Crippen molar-refractivity contribution in [2.45, 2.75) is 0 Å². The number of nitrogens with two attached hydrogens (primary N) is 1. The molecular formula is C14H15N3O3S. The number of carbonyl (C=O) groups is 1. The van der Waals surface area contributed by atoms with Crippen LogP contribution in [0, 0.1) is 0 Å². The van der Waals surface area contributed by atoms with Gasteiger partial charge in [0.25, 0.3) is 5.91 Å². The van der Waals surface area contributed by atoms with Crippen molar-refractivity contribution >= 4 is 28.8 Å². The zero-order chi connectivity index (χ0) is 15.1. The second-order valence-corrected chi connectivity index (χ2v) is 4.96. The molecule has 0 unspecified atom stereocenters. The van der Waals surface area contributed by atoms with Gasteiger partial charge < -0.3 is 20.6 Å². The first kappa shape index (κ1) is 14.9. The minimum absolute atomic E-state index is 0.219. The van der Waals surface area contributed by atoms with Crippen molar-refractivity contribution in [3.8, 4) is 5.75 Å². The molecule has 0 saturated heterocycles. The number of nitrogens with zero attached hydrogens (tertiary/aromatic N) is 1. The van der Waals surface area contributed by atoms with Gasteiger partial charge in [0.1, 0.15) is 5.75 Å². The lowest BCUT2D eigenvalue weighted by Gasteiger charge is -2.06. The topological polar surface area (TPSA) is 85.9 Å². The Balaban J connectivity index is 1.83. The van der Waals surface area contributed by atoms with Crippen molar-refractivity contribution in [2.24, 2.45) is 10.9 Å². The average molecular weight is 305 g/mol. The molecule has 1 heterocycles. The van der Waals surface area contributed by atoms with Gasteiger partial charge in [0.2, 0.25) is 0 Å². The van der Waals surface area contributed by atoms with Gasteiger partial charge in [-0.25, -0.2) is 0 Å². The lowest BCUT2D eigenvalue weighted by molar-refractivity contribution is -0.120. The van der Waals surface area contributed by atoms with E-state index in [-0.39, 0.29) is 18.3 Å². The van der Waals surface area contributed by atoms with Crippen molar-refractivity contribution < 1.29 is 14.4 Å². The number of thiophene rings is 1. The molecule has 0 saturated carbocycles. The van der Waals surface area contributed by atoms with Crippen LogP contribution in [0.1, 0.15) is 4.88 Å². The van der Waals surface area contributed by atoms with Gasteiger partial charge in [0, 0.05) is 11.8 Å². The maximum atomic E-state index is 11.7. The second kappa shape index (κ2) is 7.30. The summed E-state index contributed by atoms with van der Waals surface area (Å²) in [6.45, 7) is -0.219. The predicted octanol–water partition coefficient (Wildman–Crippen LogP) is 2.03. The van der Waals surface area contributed by atoms with Gasteiger partial charge in [-0.1, -0.05) is 17.3 Å². The van der Waals surface area contributed by atoms with Gasteiger partial charge in [-0.15, -0.1) is 11.3 Å². The van der Waals surface area contributed by atoms with Crippen LogP contribution in [0.15, 0.2) is 46.9 Å². The van der Waals surface area contributed by atoms with Crippen molar-refractivity contribution in [1.82, 2.24) is 0 Å². The van der Waals surface area contributed by atoms with Crippen LogP contribution in [0.3, 0.4) is 0 Å². The number of hydrogen-bond donors (Lipinski definition) is 2. The first-order chi connectivity index (χ1) is 10.2. The molecular weight excluding hydrogens is 290 g/mol. The molecule has 0 spiro atoms. The maximum absolute atomic E-state index is 11.7. The molecule has 0 aliphatic rings. The van der Waals surface area contributed by atoms with Gasteiger partial charge in [0.05, 0.1) is 12.0 Å². The van der Waals surface area contributed by atoms with E-state index in [0.717, 1.165) is 4.88 Å². The SMILES string of the molecule is COc1cccc(NC(=O)CO/N=C(/N)c2cccs2)c1. The Morgan fingerprint density at radius 1 is 1.38 bits per heavy atom. The van der Waals surface area contributed by atoms with Crippen LogP contribution in [-0.4, -0.2) is 25.5 Å². The number of hydrogen-bond acceptors (Lipinski definition) is 5. The number of nitrogens with one attached hydrogen (secondary N) is 1. The molecule has 1 aromatic heterocycles. The number of amidine groups is 1. The summed E-state index contributed by atoms with van der Waals surface area (Å²) in [5, 5.41) is 8.26. The molecule has 1 aromatic carbocycles. The van der Waals surface area contributed by atoms with E-state index >= 15 is 0 Å². The third-order valence-corrected chi connectivity index (χ3v) is 3.38. The summed E-state index contributed by atoms with van der Waals surface area (Å²) in [6, 6.07) is 10.7. The lowest BCUT2D eigenvalue weighted by atomic mass is 10.3. The molecule has 3 N–H and O–H groups in total. The first-order valence-electron chi connectivity index (χ1n) is 6.12. The molecule has 0 radical (unpaired) electrons. The van der Waals surface area contributed by atoms with Gasteiger partial charge in [-0.3, -0.25) is 4.79 Å². The zero-order valence-corrected chi connectivity index (χ0v) is 12.2. The number of carbonyl (C=O) groups excluding carboxylic acids is 1. The van der Waals surface area contributed by atoms with Crippen LogP contribution in [0.25, 0.3) is 0 Å². The van der Waals surface area contributed by atoms with Crippen molar-refractivity contribution in [1.29, 1.82) is 0 Å². The summed E-state index contributed by atoms with van der Waals surface area (Å²) in [5.74, 6) is 0.582. The van der Waals surface area contributed by atoms with Crippen LogP contribution < -0.4 is 15.8 Å². The monoisotopic (exact) mass is 305 g/mol. The molecule has 2 aromatic rings. The Hall–Kier alpha value is -2.54. The van der Waals surface area contributed by atoms with Gasteiger partial charge in [-0.2, -0.15) is 0 Å². The van der Waals surface area contributed by atoms with E-state index in [1.165, 1.54) is 11.3 Å². The summed E-state index contributed by atoms with van der Waals surface area (Å²) in [6.07, 6.45) is 0. The Morgan fingerprint density at radius 2 is 2.24 bits per heavy atom. The number of anilines is 1. The third kappa shape index (κ3) is 4.50. The number of oxime groups is 1. The highest BCUT2D eigenvalue weighted by atomic mass is 32.1. The normalized spacial score (nSPS) is 11.0. The number of amides is 1. The Bertz CT molecular complexity index is 626. The second-order valence-electron chi connectivity index (χ2n) is 4.01. The minimum Gasteiger partial charge on any atom is -0.497 e. The third-order valence-electron chi connectivity index (χ3n) is 2.49. The quantitative estimate of drug-likeness (QED) is 0.486. The molecule has 0 fully saturated rings. The van der Waals surface area contributed by atoms with Crippen LogP contribution >= 0.6 is 11.3 Å². The molecule has 1 amide bonds.